The third-order valence-corrected chi connectivity index (χ3v) is 4.09. The largest absolute Gasteiger partial charge is 0.311 e. The quantitative estimate of drug-likeness (QED) is 0.900. The number of fused-ring (bicyclic) bond motifs is 1. The predicted octanol–water partition coefficient (Wildman–Crippen LogP) is 3.80. The van der Waals surface area contributed by atoms with Crippen molar-refractivity contribution < 1.29 is 0 Å². The van der Waals surface area contributed by atoms with Crippen LogP contribution < -0.4 is 5.32 Å². The number of aryl methyl sites for hydroxylation is 2. The highest BCUT2D eigenvalue weighted by Crippen LogP contribution is 2.22. The van der Waals surface area contributed by atoms with Crippen LogP contribution in [0.15, 0.2) is 11.8 Å². The first-order valence-electron chi connectivity index (χ1n) is 6.89. The number of rotatable bonds is 5. The van der Waals surface area contributed by atoms with Crippen LogP contribution in [-0.4, -0.2) is 22.0 Å². The third kappa shape index (κ3) is 3.25. The van der Waals surface area contributed by atoms with Crippen molar-refractivity contribution >= 4 is 22.4 Å². The van der Waals surface area contributed by atoms with E-state index < -0.39 is 0 Å². The van der Waals surface area contributed by atoms with Crippen molar-refractivity contribution in [2.45, 2.75) is 47.1 Å². The Balaban J connectivity index is 2.33. The number of hydrogen-bond acceptors (Lipinski definition) is 3. The first-order chi connectivity index (χ1) is 9.01. The van der Waals surface area contributed by atoms with Gasteiger partial charge in [0.15, 0.2) is 4.96 Å². The van der Waals surface area contributed by atoms with Crippen LogP contribution in [-0.2, 0) is 0 Å². The van der Waals surface area contributed by atoms with Crippen molar-refractivity contribution in [1.82, 2.24) is 14.7 Å². The minimum absolute atomic E-state index is 0.518. The molecule has 0 aliphatic heterocycles. The molecule has 1 N–H and O–H groups in total. The van der Waals surface area contributed by atoms with Crippen molar-refractivity contribution in [2.24, 2.45) is 0 Å². The van der Waals surface area contributed by atoms with Crippen molar-refractivity contribution in [1.29, 1.82) is 0 Å². The molecule has 0 bridgehead atoms. The summed E-state index contributed by atoms with van der Waals surface area (Å²) in [5, 5.41) is 3.49. The first kappa shape index (κ1) is 14.3. The van der Waals surface area contributed by atoms with Crippen LogP contribution in [0.3, 0.4) is 0 Å². The topological polar surface area (TPSA) is 29.3 Å². The molecule has 0 saturated carbocycles. The summed E-state index contributed by atoms with van der Waals surface area (Å²) in [4.78, 5) is 7.03. The summed E-state index contributed by atoms with van der Waals surface area (Å²) in [6.45, 7) is 11.7. The molecule has 4 heteroatoms. The highest BCUT2D eigenvalue weighted by atomic mass is 32.1. The number of aromatic nitrogens is 2. The monoisotopic (exact) mass is 277 g/mol. The van der Waals surface area contributed by atoms with E-state index >= 15 is 0 Å². The second-order valence-corrected chi connectivity index (χ2v) is 6.48. The fourth-order valence-electron chi connectivity index (χ4n) is 2.06. The number of hydrogen-bond donors (Lipinski definition) is 1. The minimum atomic E-state index is 0.518. The Morgan fingerprint density at radius 3 is 2.84 bits per heavy atom. The zero-order valence-electron chi connectivity index (χ0n) is 12.4. The van der Waals surface area contributed by atoms with E-state index in [0.29, 0.717) is 6.04 Å². The molecule has 0 unspecified atom stereocenters. The van der Waals surface area contributed by atoms with E-state index in [0.717, 1.165) is 23.6 Å². The molecular weight excluding hydrogens is 254 g/mol. The van der Waals surface area contributed by atoms with Gasteiger partial charge < -0.3 is 5.32 Å². The Bertz CT molecular complexity index is 590. The van der Waals surface area contributed by atoms with E-state index in [2.05, 4.69) is 61.6 Å². The molecule has 0 amide bonds. The molecule has 0 aliphatic rings. The second-order valence-electron chi connectivity index (χ2n) is 5.27. The van der Waals surface area contributed by atoms with E-state index in [1.54, 1.807) is 11.3 Å². The molecule has 0 aliphatic carbocycles. The van der Waals surface area contributed by atoms with E-state index in [1.807, 2.05) is 0 Å². The maximum atomic E-state index is 4.63. The summed E-state index contributed by atoms with van der Waals surface area (Å²) in [5.41, 5.74) is 3.76. The Hall–Kier alpha value is -1.13. The Labute approximate surface area is 119 Å². The highest BCUT2D eigenvalue weighted by molar-refractivity contribution is 7.17. The lowest BCUT2D eigenvalue weighted by molar-refractivity contribution is 0.617. The number of imidazole rings is 1. The van der Waals surface area contributed by atoms with Gasteiger partial charge in [0.05, 0.1) is 11.4 Å². The van der Waals surface area contributed by atoms with Crippen molar-refractivity contribution in [3.63, 3.8) is 0 Å². The number of nitrogens with one attached hydrogen (secondary N) is 1. The van der Waals surface area contributed by atoms with Gasteiger partial charge in [0, 0.05) is 23.7 Å². The molecule has 2 heterocycles. The van der Waals surface area contributed by atoms with Gasteiger partial charge in [-0.05, 0) is 26.3 Å². The molecule has 0 fully saturated rings. The highest BCUT2D eigenvalue weighted by Gasteiger charge is 2.09. The predicted molar refractivity (Wildman–Crippen MR) is 83.9 cm³/mol. The Morgan fingerprint density at radius 1 is 1.47 bits per heavy atom. The van der Waals surface area contributed by atoms with Gasteiger partial charge in [-0.3, -0.25) is 4.40 Å². The van der Waals surface area contributed by atoms with Crippen LogP contribution in [0.25, 0.3) is 11.0 Å². The number of thiazole rings is 1. The van der Waals surface area contributed by atoms with Gasteiger partial charge in [-0.25, -0.2) is 4.98 Å². The van der Waals surface area contributed by atoms with Crippen molar-refractivity contribution in [3.05, 3.63) is 28.0 Å². The minimum Gasteiger partial charge on any atom is -0.311 e. The molecule has 3 nitrogen and oxygen atoms in total. The fraction of sp³-hybridized carbons (Fsp3) is 0.533. The summed E-state index contributed by atoms with van der Waals surface area (Å²) in [5.74, 6) is 0. The Kier molecular flexibility index (Phi) is 4.42. The van der Waals surface area contributed by atoms with Gasteiger partial charge in [0.25, 0.3) is 0 Å². The number of nitrogens with zero attached hydrogens (tertiary/aromatic N) is 2. The summed E-state index contributed by atoms with van der Waals surface area (Å²) in [7, 11) is 0. The maximum Gasteiger partial charge on any atom is 0.194 e. The standard InChI is InChI=1S/C15H23N3S/c1-6-13(8-16-10(2)3)7-14-12(5)17-15-18(14)9-11(4)19-15/h7,9-10,16H,6,8H2,1-5H3. The van der Waals surface area contributed by atoms with E-state index in [-0.39, 0.29) is 0 Å². The lowest BCUT2D eigenvalue weighted by atomic mass is 10.1. The summed E-state index contributed by atoms with van der Waals surface area (Å²) < 4.78 is 2.21. The van der Waals surface area contributed by atoms with Crippen LogP contribution in [0.4, 0.5) is 0 Å². The van der Waals surface area contributed by atoms with Crippen LogP contribution in [0, 0.1) is 13.8 Å². The summed E-state index contributed by atoms with van der Waals surface area (Å²) >= 11 is 1.75. The second kappa shape index (κ2) is 5.88. The van der Waals surface area contributed by atoms with Crippen LogP contribution >= 0.6 is 11.3 Å². The molecule has 19 heavy (non-hydrogen) atoms. The van der Waals surface area contributed by atoms with Gasteiger partial charge in [-0.1, -0.05) is 26.3 Å². The van der Waals surface area contributed by atoms with Crippen molar-refractivity contribution in [3.8, 4) is 0 Å². The molecule has 2 rings (SSSR count). The zero-order valence-corrected chi connectivity index (χ0v) is 13.3. The van der Waals surface area contributed by atoms with E-state index in [1.165, 1.54) is 16.1 Å². The zero-order chi connectivity index (χ0) is 14.0. The lowest BCUT2D eigenvalue weighted by Crippen LogP contribution is -2.24. The average Bonchev–Trinajstić information content (AvgIpc) is 2.81. The average molecular weight is 277 g/mol. The smallest absolute Gasteiger partial charge is 0.194 e. The maximum absolute atomic E-state index is 4.63. The van der Waals surface area contributed by atoms with Crippen LogP contribution in [0.5, 0.6) is 0 Å². The van der Waals surface area contributed by atoms with Gasteiger partial charge in [0.2, 0.25) is 0 Å². The molecule has 0 atom stereocenters. The van der Waals surface area contributed by atoms with Crippen LogP contribution in [0.2, 0.25) is 0 Å². The fourth-order valence-corrected chi connectivity index (χ4v) is 2.94. The molecule has 0 aromatic carbocycles. The lowest BCUT2D eigenvalue weighted by Gasteiger charge is -2.10. The molecule has 0 spiro atoms. The van der Waals surface area contributed by atoms with Gasteiger partial charge in [-0.2, -0.15) is 0 Å². The molecular formula is C15H23N3S. The van der Waals surface area contributed by atoms with Gasteiger partial charge in [0.1, 0.15) is 0 Å². The third-order valence-electron chi connectivity index (χ3n) is 3.20. The molecule has 104 valence electrons. The SMILES string of the molecule is CCC(=Cc1c(C)nc2sc(C)cn12)CNC(C)C. The van der Waals surface area contributed by atoms with Gasteiger partial charge in [-0.15, -0.1) is 11.3 Å². The molecule has 2 aromatic heterocycles. The molecule has 2 aromatic rings. The first-order valence-corrected chi connectivity index (χ1v) is 7.70. The van der Waals surface area contributed by atoms with E-state index in [9.17, 15) is 0 Å². The Morgan fingerprint density at radius 2 is 2.21 bits per heavy atom. The normalized spacial score (nSPS) is 12.8. The summed E-state index contributed by atoms with van der Waals surface area (Å²) in [6.07, 6.45) is 5.53. The molecule has 0 saturated heterocycles. The van der Waals surface area contributed by atoms with Crippen molar-refractivity contribution in [2.75, 3.05) is 6.54 Å². The van der Waals surface area contributed by atoms with Crippen LogP contribution in [0.1, 0.15) is 43.5 Å². The summed E-state index contributed by atoms with van der Waals surface area (Å²) in [6, 6.07) is 0.518. The van der Waals surface area contributed by atoms with Gasteiger partial charge >= 0.3 is 0 Å². The van der Waals surface area contributed by atoms with E-state index in [4.69, 9.17) is 0 Å². The molecule has 0 radical (unpaired) electrons.